The Kier molecular flexibility index (Phi) is 46.1. The third-order valence-electron chi connectivity index (χ3n) is 25.9. The van der Waals surface area contributed by atoms with Gasteiger partial charge in [0.15, 0.2) is 47.9 Å². The van der Waals surface area contributed by atoms with E-state index in [1.54, 1.807) is 83.7 Å². The number of hydrogen-bond acceptors (Lipinski definition) is 38. The number of likely N-dealkylation sites (N-methyl/N-ethyl adjacent to an activating group) is 1. The summed E-state index contributed by atoms with van der Waals surface area (Å²) in [5, 5.41) is 98.8. The van der Waals surface area contributed by atoms with Crippen LogP contribution in [0, 0.1) is 46.0 Å². The summed E-state index contributed by atoms with van der Waals surface area (Å²) in [5.74, 6) is 0.934. The molecule has 8 aliphatic rings. The second-order valence-electron chi connectivity index (χ2n) is 37.3. The minimum absolute atomic E-state index is 0.0263. The number of anilines is 1. The van der Waals surface area contributed by atoms with Crippen LogP contribution in [0.5, 0.6) is 17.2 Å². The number of methoxy groups -OCH3 is 5. The Bertz CT molecular complexity index is 5440. The number of carbonyl (C=O) groups is 13. The summed E-state index contributed by atoms with van der Waals surface area (Å²) in [7, 11) is 8.90. The molecule has 0 spiro atoms. The molecule has 24 atom stereocenters. The first-order valence-corrected chi connectivity index (χ1v) is 53.0. The third-order valence-corrected chi connectivity index (χ3v) is 31.7. The highest BCUT2D eigenvalue weighted by Crippen LogP contribution is 2.51. The largest absolute Gasteiger partial charge is 0.492 e. The summed E-state index contributed by atoms with van der Waals surface area (Å²) in [4.78, 5) is 184. The van der Waals surface area contributed by atoms with Crippen molar-refractivity contribution in [3.05, 3.63) is 117 Å². The van der Waals surface area contributed by atoms with Gasteiger partial charge in [0.05, 0.1) is 110 Å². The lowest BCUT2D eigenvalue weighted by Crippen LogP contribution is -2.66. The second kappa shape index (κ2) is 57.0. The van der Waals surface area contributed by atoms with Crippen LogP contribution >= 0.6 is 55.9 Å². The van der Waals surface area contributed by atoms with E-state index < -0.39 is 247 Å². The summed E-state index contributed by atoms with van der Waals surface area (Å²) >= 11 is 2.66. The van der Waals surface area contributed by atoms with Gasteiger partial charge in [-0.25, -0.2) is 9.59 Å². The van der Waals surface area contributed by atoms with Crippen molar-refractivity contribution < 1.29 is 164 Å². The van der Waals surface area contributed by atoms with Crippen LogP contribution in [0.15, 0.2) is 96.3 Å². The van der Waals surface area contributed by atoms with Gasteiger partial charge in [0.2, 0.25) is 64.0 Å². The van der Waals surface area contributed by atoms with E-state index in [4.69, 9.17) is 72.2 Å². The van der Waals surface area contributed by atoms with E-state index in [1.165, 1.54) is 105 Å². The number of alkyl carbamates (subject to hydrolysis) is 2. The van der Waals surface area contributed by atoms with Crippen molar-refractivity contribution in [2.75, 3.05) is 99.2 Å². The zero-order valence-corrected chi connectivity index (χ0v) is 90.1. The fraction of sp³-hybridized carbons (Fsp3) is 0.590. The molecule has 2 aromatic carbocycles. The summed E-state index contributed by atoms with van der Waals surface area (Å²) in [6, 6.07) is -1.96. The lowest BCUT2D eigenvalue weighted by Gasteiger charge is -2.48. The SMILES string of the molecule is CCN(C(=O)CNC(=O)OCc1ccc(NC(=O)[C@H](CC(N)=O)NC(=O)[C@H](C)NC(=O)[C@H](C)NC(=O)CCC(=O)N2CCC(C(=O)NC3=C/C=C\C=C/C=C3)CC2)cc1)C1COC(OC2C(O[C@H]3C#C/C=C\C#C[C@]4(O)CC(=O)C(NC(=O)OC)C3/C4=C\CSSC(C)(C)CC(=O)NCC(O)CO)OC(C)C(NOC3CC(O)C(SC(=O)c4c(C)c(I)c(OC5(O)COC(C)C(O)C5OC)c(OC)c4OC)C(C)O3)C2O)CC1OC. The number of primary amides is 1. The van der Waals surface area contributed by atoms with Crippen molar-refractivity contribution in [3.63, 3.8) is 0 Å². The number of nitrogens with one attached hydrogen (secondary N) is 9. The van der Waals surface area contributed by atoms with Gasteiger partial charge >= 0.3 is 12.2 Å². The number of hydroxylamine groups is 1. The number of fused-ring (bicyclic) bond motifs is 2. The van der Waals surface area contributed by atoms with Gasteiger partial charge in [-0.05, 0) is 151 Å². The summed E-state index contributed by atoms with van der Waals surface area (Å²) in [6.07, 6.45) is -4.82. The molecule has 5 heterocycles. The highest BCUT2D eigenvalue weighted by atomic mass is 127. The quantitative estimate of drug-likeness (QED) is 0.00849. The van der Waals surface area contributed by atoms with Crippen LogP contribution in [-0.4, -0.2) is 359 Å². The maximum absolute atomic E-state index is 14.7. The molecule has 10 rings (SSSR count). The number of halogens is 1. The fourth-order valence-corrected chi connectivity index (χ4v) is 21.9. The fourth-order valence-electron chi connectivity index (χ4n) is 17.8. The van der Waals surface area contributed by atoms with Crippen molar-refractivity contribution in [3.8, 4) is 40.9 Å². The highest BCUT2D eigenvalue weighted by molar-refractivity contribution is 14.1. The van der Waals surface area contributed by atoms with Gasteiger partial charge in [-0.3, -0.25) is 57.6 Å². The van der Waals surface area contributed by atoms with Gasteiger partial charge in [-0.15, -0.1) is 0 Å². The van der Waals surface area contributed by atoms with Crippen LogP contribution in [0.3, 0.4) is 0 Å². The zero-order valence-electron chi connectivity index (χ0n) is 85.5. The first kappa shape index (κ1) is 121. The van der Waals surface area contributed by atoms with E-state index >= 15 is 0 Å². The van der Waals surface area contributed by atoms with Crippen LogP contribution in [0.4, 0.5) is 15.3 Å². The number of allylic oxidation sites excluding steroid dienone is 9. The number of ether oxygens (including phenoxy) is 13. The van der Waals surface area contributed by atoms with E-state index in [9.17, 15) is 98.1 Å². The number of nitrogens with two attached hydrogens (primary N) is 1. The lowest BCUT2D eigenvalue weighted by molar-refractivity contribution is -0.340. The Morgan fingerprint density at radius 3 is 2.15 bits per heavy atom. The molecular weight excluding hydrogens is 2140 g/mol. The van der Waals surface area contributed by atoms with E-state index in [0.717, 1.165) is 18.9 Å². The molecule has 150 heavy (non-hydrogen) atoms. The van der Waals surface area contributed by atoms with E-state index in [-0.39, 0.29) is 116 Å². The third kappa shape index (κ3) is 33.1. The van der Waals surface area contributed by atoms with Crippen LogP contribution in [0.1, 0.15) is 135 Å². The molecule has 5 aliphatic heterocycles. The predicted molar refractivity (Wildman–Crippen MR) is 551 cm³/mol. The molecule has 2 aromatic rings. The van der Waals surface area contributed by atoms with Gasteiger partial charge in [-0.1, -0.05) is 106 Å². The molecule has 824 valence electrons. The smallest absolute Gasteiger partial charge is 0.407 e. The first-order valence-electron chi connectivity index (χ1n) is 48.7. The van der Waals surface area contributed by atoms with Crippen molar-refractivity contribution in [1.82, 2.24) is 52.5 Å². The summed E-state index contributed by atoms with van der Waals surface area (Å²) < 4.78 is 78.3. The minimum atomic E-state index is -2.26. The summed E-state index contributed by atoms with van der Waals surface area (Å²) in [5.41, 5.74) is 7.69. The van der Waals surface area contributed by atoms with Crippen molar-refractivity contribution in [2.24, 2.45) is 17.6 Å². The second-order valence-corrected chi connectivity index (χ2v) is 42.6. The molecule has 46 nitrogen and oxygen atoms in total. The number of aliphatic hydroxyl groups excluding tert-OH is 5. The number of likely N-dealkylation sites (tertiary alicyclic amines) is 1. The van der Waals surface area contributed by atoms with Gasteiger partial charge in [0.1, 0.15) is 68.3 Å². The monoisotopic (exact) mass is 2270 g/mol. The van der Waals surface area contributed by atoms with Gasteiger partial charge in [-0.2, -0.15) is 5.48 Å². The van der Waals surface area contributed by atoms with Crippen LogP contribution < -0.4 is 68.0 Å². The average molecular weight is 2270 g/mol. The van der Waals surface area contributed by atoms with E-state index in [2.05, 4.69) is 71.7 Å². The van der Waals surface area contributed by atoms with E-state index in [1.807, 2.05) is 40.8 Å². The Morgan fingerprint density at radius 1 is 0.780 bits per heavy atom. The number of carbonyl (C=O) groups excluding carboxylic acids is 13. The number of benzene rings is 2. The number of amides is 11. The number of piperidine rings is 1. The number of thioether (sulfide) groups is 1. The van der Waals surface area contributed by atoms with E-state index in [0.29, 0.717) is 46.3 Å². The van der Waals surface area contributed by atoms with Gasteiger partial charge in [0.25, 0.3) is 5.79 Å². The van der Waals surface area contributed by atoms with Crippen LogP contribution in [0.2, 0.25) is 0 Å². The maximum atomic E-state index is 14.7. The summed E-state index contributed by atoms with van der Waals surface area (Å²) in [6.45, 7) is 12.6. The molecule has 11 amide bonds. The Balaban J connectivity index is 0.776. The topological polar surface area (TPSA) is 634 Å². The molecule has 19 unspecified atom stereocenters. The molecular formula is C100H135IN12O34S3. The number of nitrogens with zero attached hydrogens (tertiary/aromatic N) is 2. The molecule has 0 aromatic heterocycles. The predicted octanol–water partition coefficient (Wildman–Crippen LogP) is 1.46. The molecule has 50 heteroatoms. The average Bonchev–Trinajstić information content (AvgIpc) is 0.754. The van der Waals surface area contributed by atoms with Crippen LogP contribution in [0.25, 0.3) is 0 Å². The number of rotatable bonds is 45. The van der Waals surface area contributed by atoms with Crippen molar-refractivity contribution in [1.29, 1.82) is 0 Å². The molecule has 1 saturated carbocycles. The Hall–Kier alpha value is -10.4. The zero-order chi connectivity index (χ0) is 110. The Morgan fingerprint density at radius 2 is 1.47 bits per heavy atom. The molecule has 6 fully saturated rings. The number of ketones is 1. The molecule has 0 radical (unpaired) electrons. The Labute approximate surface area is 893 Å². The lowest BCUT2D eigenvalue weighted by atomic mass is 9.68. The van der Waals surface area contributed by atoms with Crippen molar-refractivity contribution in [2.45, 2.75) is 270 Å². The van der Waals surface area contributed by atoms with Gasteiger partial charge in [0, 0.05) is 106 Å². The normalized spacial score (nSPS) is 28.4. The standard InChI is InChI=1S/C100H135IN12O34S3/c1-15-113(74(122)47-104-96(130)140-49-58-28-30-61(31-29-58)108-93(128)64(41-70(102)118)109-91(126)54(4)106-90(125)53(3)105-71(119)32-33-73(121)112-38-34-59(35-39-112)92(127)107-60-25-21-17-16-18-22-26-60)65-50-139-75(43-69(65)134-10)145-86-83(124)80(111-147-76-42-66(116)88(57(7)142-76)149-94(129)77-52(2)79(101)85(87(136-12)84(77)135-11)146-100(133)51-141-56(6)82(123)89(100)137-13)55(5)143-95(86)144-68-27-23-19-20-24-37-99(132)44-67(117)81(110-97(131)138-14)78(68)63(99)36-40-148-150-98(8,9)45-72(120)103-46-62(115)48-114/h16-22,25-26,28-31,36,53-57,59,62,64-66,68-69,75-76,78,80-83,86,88-89,95,111,114-116,123-124,132-133H,15,32-35,38-51H2,1-14H3,(H2,102,118)(H,103,120)(H,104,130)(H,105,119)(H,106,125)(H,107,127)(H,108,128)(H,109,126)(H,110,131)/b17-16-,18-16?,20-19-,21-17?,22-18-,25-21?,26-22?,60-25?,60-26?,63-36+/t53-,54-,55?,56?,57?,62?,64-,65?,66?,68-,69?,75?,76?,78?,80?,81?,82?,83?,86?,88?,89?,95?,99-,100?/m0/s1. The first-order chi connectivity index (χ1) is 71.3. The van der Waals surface area contributed by atoms with Crippen molar-refractivity contribution >= 4 is 138 Å². The van der Waals surface area contributed by atoms with Crippen LogP contribution in [-0.2, 0) is 107 Å². The molecule has 2 bridgehead atoms. The molecule has 3 aliphatic carbocycles. The molecule has 18 N–H and O–H groups in total. The minimum Gasteiger partial charge on any atom is -0.492 e. The maximum Gasteiger partial charge on any atom is 0.407 e. The van der Waals surface area contributed by atoms with Gasteiger partial charge < -0.3 is 155 Å². The number of aliphatic hydroxyl groups is 7. The number of Topliss-reactive ketones (excluding diaryl/α,β-unsaturated/α-hetero) is 1. The molecule has 5 saturated heterocycles. The highest BCUT2D eigenvalue weighted by Gasteiger charge is 2.57. The number of hydrogen-bond donors (Lipinski definition) is 17.